The minimum absolute atomic E-state index is 0.0407. The second-order valence-corrected chi connectivity index (χ2v) is 7.13. The van der Waals surface area contributed by atoms with Crippen LogP contribution in [0.2, 0.25) is 5.02 Å². The van der Waals surface area contributed by atoms with Crippen LogP contribution in [-0.2, 0) is 10.0 Å². The molecule has 0 saturated heterocycles. The van der Waals surface area contributed by atoms with E-state index in [1.807, 2.05) is 0 Å². The third-order valence-electron chi connectivity index (χ3n) is 3.32. The molecule has 1 heterocycles. The van der Waals surface area contributed by atoms with Crippen LogP contribution >= 0.6 is 11.6 Å². The zero-order valence-electron chi connectivity index (χ0n) is 12.6. The fourth-order valence-corrected chi connectivity index (χ4v) is 3.51. The van der Waals surface area contributed by atoms with Crippen LogP contribution in [0.4, 0.5) is 14.6 Å². The number of sulfonamides is 1. The SMILES string of the molecule is O=S(=O)(Nc1cccc(-c2ccccc2Cl)n1)c1cc(F)ccc1F. The van der Waals surface area contributed by atoms with E-state index in [4.69, 9.17) is 11.6 Å². The van der Waals surface area contributed by atoms with E-state index in [0.29, 0.717) is 22.3 Å². The standard InChI is InChI=1S/C17H11ClF2N2O2S/c18-13-5-2-1-4-12(13)15-6-3-7-17(21-15)22-25(23,24)16-10-11(19)8-9-14(16)20/h1-10H,(H,21,22). The van der Waals surface area contributed by atoms with Crippen molar-refractivity contribution < 1.29 is 17.2 Å². The number of benzene rings is 2. The van der Waals surface area contributed by atoms with E-state index in [-0.39, 0.29) is 5.82 Å². The Morgan fingerprint density at radius 1 is 0.960 bits per heavy atom. The molecule has 0 saturated carbocycles. The second-order valence-electron chi connectivity index (χ2n) is 5.07. The lowest BCUT2D eigenvalue weighted by Crippen LogP contribution is -2.16. The molecule has 25 heavy (non-hydrogen) atoms. The maximum absolute atomic E-state index is 13.7. The summed E-state index contributed by atoms with van der Waals surface area (Å²) in [6.07, 6.45) is 0. The monoisotopic (exact) mass is 380 g/mol. The van der Waals surface area contributed by atoms with Gasteiger partial charge in [0.25, 0.3) is 10.0 Å². The van der Waals surface area contributed by atoms with Gasteiger partial charge in [-0.1, -0.05) is 35.9 Å². The van der Waals surface area contributed by atoms with Crippen LogP contribution in [0.25, 0.3) is 11.3 Å². The van der Waals surface area contributed by atoms with Gasteiger partial charge < -0.3 is 0 Å². The minimum Gasteiger partial charge on any atom is -0.263 e. The molecule has 2 aromatic carbocycles. The third kappa shape index (κ3) is 3.78. The highest BCUT2D eigenvalue weighted by Gasteiger charge is 2.21. The van der Waals surface area contributed by atoms with Crippen molar-refractivity contribution in [3.8, 4) is 11.3 Å². The quantitative estimate of drug-likeness (QED) is 0.726. The van der Waals surface area contributed by atoms with Gasteiger partial charge >= 0.3 is 0 Å². The average Bonchev–Trinajstić information content (AvgIpc) is 2.57. The molecule has 0 fully saturated rings. The summed E-state index contributed by atoms with van der Waals surface area (Å²) in [5.74, 6) is -1.96. The summed E-state index contributed by atoms with van der Waals surface area (Å²) >= 11 is 6.11. The van der Waals surface area contributed by atoms with E-state index >= 15 is 0 Å². The van der Waals surface area contributed by atoms with Gasteiger partial charge in [0.15, 0.2) is 0 Å². The van der Waals surface area contributed by atoms with Gasteiger partial charge in [0.05, 0.1) is 5.69 Å². The molecule has 128 valence electrons. The van der Waals surface area contributed by atoms with Crippen LogP contribution < -0.4 is 4.72 Å². The molecule has 0 radical (unpaired) electrons. The fraction of sp³-hybridized carbons (Fsp3) is 0. The van der Waals surface area contributed by atoms with Gasteiger partial charge in [-0.2, -0.15) is 0 Å². The summed E-state index contributed by atoms with van der Waals surface area (Å²) < 4.78 is 53.8. The Hall–Kier alpha value is -2.51. The summed E-state index contributed by atoms with van der Waals surface area (Å²) in [5, 5.41) is 0.450. The Labute approximate surface area is 148 Å². The van der Waals surface area contributed by atoms with Crippen molar-refractivity contribution in [2.24, 2.45) is 0 Å². The molecule has 0 atom stereocenters. The Morgan fingerprint density at radius 3 is 2.48 bits per heavy atom. The number of nitrogens with zero attached hydrogens (tertiary/aromatic N) is 1. The van der Waals surface area contributed by atoms with E-state index in [1.54, 1.807) is 36.4 Å². The van der Waals surface area contributed by atoms with Crippen molar-refractivity contribution >= 4 is 27.4 Å². The van der Waals surface area contributed by atoms with Gasteiger partial charge in [0.1, 0.15) is 22.3 Å². The normalized spacial score (nSPS) is 11.3. The Kier molecular flexibility index (Phi) is 4.69. The van der Waals surface area contributed by atoms with E-state index in [9.17, 15) is 17.2 Å². The van der Waals surface area contributed by atoms with E-state index in [1.165, 1.54) is 6.07 Å². The largest absolute Gasteiger partial charge is 0.266 e. The van der Waals surface area contributed by atoms with Crippen molar-refractivity contribution in [1.29, 1.82) is 0 Å². The number of aromatic nitrogens is 1. The van der Waals surface area contributed by atoms with Crippen LogP contribution in [0.15, 0.2) is 65.6 Å². The Bertz CT molecular complexity index is 1040. The van der Waals surface area contributed by atoms with Crippen molar-refractivity contribution in [2.75, 3.05) is 4.72 Å². The first-order chi connectivity index (χ1) is 11.9. The van der Waals surface area contributed by atoms with E-state index in [0.717, 1.165) is 12.1 Å². The highest BCUT2D eigenvalue weighted by atomic mass is 35.5. The molecule has 4 nitrogen and oxygen atoms in total. The maximum atomic E-state index is 13.7. The first kappa shape index (κ1) is 17.3. The summed E-state index contributed by atoms with van der Waals surface area (Å²) in [5.41, 5.74) is 1.05. The maximum Gasteiger partial charge on any atom is 0.266 e. The highest BCUT2D eigenvalue weighted by molar-refractivity contribution is 7.92. The molecule has 3 aromatic rings. The number of rotatable bonds is 4. The van der Waals surface area contributed by atoms with Gasteiger partial charge in [-0.15, -0.1) is 0 Å². The van der Waals surface area contributed by atoms with Crippen molar-refractivity contribution in [1.82, 2.24) is 4.98 Å². The summed E-state index contributed by atoms with van der Waals surface area (Å²) in [6, 6.07) is 13.7. The van der Waals surface area contributed by atoms with Gasteiger partial charge in [0.2, 0.25) is 0 Å². The fourth-order valence-electron chi connectivity index (χ4n) is 2.19. The lowest BCUT2D eigenvalue weighted by Gasteiger charge is -2.10. The first-order valence-electron chi connectivity index (χ1n) is 7.07. The van der Waals surface area contributed by atoms with Crippen LogP contribution in [-0.4, -0.2) is 13.4 Å². The molecular formula is C17H11ClF2N2O2S. The summed E-state index contributed by atoms with van der Waals surface area (Å²) in [4.78, 5) is 3.38. The number of hydrogen-bond donors (Lipinski definition) is 1. The smallest absolute Gasteiger partial charge is 0.263 e. The number of halogens is 3. The van der Waals surface area contributed by atoms with Crippen LogP contribution in [0.3, 0.4) is 0 Å². The topological polar surface area (TPSA) is 59.1 Å². The average molecular weight is 381 g/mol. The lowest BCUT2D eigenvalue weighted by atomic mass is 10.1. The molecule has 0 aliphatic heterocycles. The van der Waals surface area contributed by atoms with Gasteiger partial charge in [-0.25, -0.2) is 22.2 Å². The van der Waals surface area contributed by atoms with E-state index in [2.05, 4.69) is 9.71 Å². The highest BCUT2D eigenvalue weighted by Crippen LogP contribution is 2.27. The van der Waals surface area contributed by atoms with Crippen LogP contribution in [0.5, 0.6) is 0 Å². The Morgan fingerprint density at radius 2 is 1.72 bits per heavy atom. The molecule has 1 aromatic heterocycles. The molecule has 1 N–H and O–H groups in total. The van der Waals surface area contributed by atoms with Gasteiger partial charge in [0, 0.05) is 10.6 Å². The second kappa shape index (κ2) is 6.78. The molecule has 0 spiro atoms. The molecule has 3 rings (SSSR count). The van der Waals surface area contributed by atoms with Crippen molar-refractivity contribution in [3.63, 3.8) is 0 Å². The zero-order chi connectivity index (χ0) is 18.0. The van der Waals surface area contributed by atoms with Gasteiger partial charge in [-0.3, -0.25) is 4.72 Å². The summed E-state index contributed by atoms with van der Waals surface area (Å²) in [7, 11) is -4.34. The predicted molar refractivity (Wildman–Crippen MR) is 91.8 cm³/mol. The van der Waals surface area contributed by atoms with Crippen LogP contribution in [0.1, 0.15) is 0 Å². The summed E-state index contributed by atoms with van der Waals surface area (Å²) in [6.45, 7) is 0. The van der Waals surface area contributed by atoms with Crippen molar-refractivity contribution in [3.05, 3.63) is 77.3 Å². The van der Waals surface area contributed by atoms with Crippen molar-refractivity contribution in [2.45, 2.75) is 4.90 Å². The van der Waals surface area contributed by atoms with Crippen LogP contribution in [0, 0.1) is 11.6 Å². The zero-order valence-corrected chi connectivity index (χ0v) is 14.2. The molecule has 0 aliphatic rings. The molecule has 8 heteroatoms. The third-order valence-corrected chi connectivity index (χ3v) is 5.02. The predicted octanol–water partition coefficient (Wildman–Crippen LogP) is 4.48. The number of nitrogens with one attached hydrogen (secondary N) is 1. The number of pyridine rings is 1. The number of hydrogen-bond acceptors (Lipinski definition) is 3. The first-order valence-corrected chi connectivity index (χ1v) is 8.93. The van der Waals surface area contributed by atoms with Gasteiger partial charge in [-0.05, 0) is 36.4 Å². The molecular weight excluding hydrogens is 370 g/mol. The molecule has 0 aliphatic carbocycles. The molecule has 0 bridgehead atoms. The molecule has 0 amide bonds. The Balaban J connectivity index is 1.97. The van der Waals surface area contributed by atoms with E-state index < -0.39 is 26.6 Å². The molecule has 0 unspecified atom stereocenters. The lowest BCUT2D eigenvalue weighted by molar-refractivity contribution is 0.555. The minimum atomic E-state index is -4.34. The number of anilines is 1.